The molecule has 0 aliphatic carbocycles. The van der Waals surface area contributed by atoms with Crippen molar-refractivity contribution in [3.05, 3.63) is 59.9 Å². The van der Waals surface area contributed by atoms with Crippen LogP contribution in [0.15, 0.2) is 58.8 Å². The van der Waals surface area contributed by atoms with Gasteiger partial charge in [-0.25, -0.2) is 4.79 Å². The standard InChI is InChI=1S/C15H15N3O2S/c1-2-21-13-6-4-3-5-12(13)15(19)20-18-14(16)11-7-9-17-10-8-11/h3-10H,2H2,1H3,(H2,16,18). The van der Waals surface area contributed by atoms with E-state index in [4.69, 9.17) is 10.6 Å². The number of rotatable bonds is 5. The Morgan fingerprint density at radius 3 is 2.71 bits per heavy atom. The predicted octanol–water partition coefficient (Wildman–Crippen LogP) is 2.67. The molecular formula is C15H15N3O2S. The van der Waals surface area contributed by atoms with Crippen LogP contribution in [0.4, 0.5) is 0 Å². The molecule has 2 N–H and O–H groups in total. The van der Waals surface area contributed by atoms with Gasteiger partial charge in [0, 0.05) is 22.9 Å². The number of nitrogens with two attached hydrogens (primary N) is 1. The Kier molecular flexibility index (Phi) is 5.34. The predicted molar refractivity (Wildman–Crippen MR) is 83.2 cm³/mol. The van der Waals surface area contributed by atoms with Crippen LogP contribution in [0.5, 0.6) is 0 Å². The molecule has 0 spiro atoms. The summed E-state index contributed by atoms with van der Waals surface area (Å²) in [6.45, 7) is 2.02. The number of aromatic nitrogens is 1. The number of nitrogens with zero attached hydrogens (tertiary/aromatic N) is 2. The van der Waals surface area contributed by atoms with Gasteiger partial charge in [0.2, 0.25) is 0 Å². The monoisotopic (exact) mass is 301 g/mol. The SMILES string of the molecule is CCSc1ccccc1C(=O)O/N=C(/N)c1ccncc1. The summed E-state index contributed by atoms with van der Waals surface area (Å²) >= 11 is 1.57. The second-order valence-corrected chi connectivity index (χ2v) is 5.33. The molecule has 0 atom stereocenters. The topological polar surface area (TPSA) is 77.6 Å². The third-order valence-electron chi connectivity index (χ3n) is 2.61. The summed E-state index contributed by atoms with van der Waals surface area (Å²) in [4.78, 5) is 21.7. The van der Waals surface area contributed by atoms with Crippen molar-refractivity contribution >= 4 is 23.6 Å². The molecule has 0 aliphatic heterocycles. The normalized spacial score (nSPS) is 11.2. The highest BCUT2D eigenvalue weighted by molar-refractivity contribution is 7.99. The molecule has 1 aromatic carbocycles. The van der Waals surface area contributed by atoms with E-state index in [-0.39, 0.29) is 5.84 Å². The first-order chi connectivity index (χ1) is 10.2. The zero-order chi connectivity index (χ0) is 15.1. The first-order valence-corrected chi connectivity index (χ1v) is 7.38. The van der Waals surface area contributed by atoms with Crippen LogP contribution < -0.4 is 5.73 Å². The van der Waals surface area contributed by atoms with E-state index in [1.807, 2.05) is 19.1 Å². The van der Waals surface area contributed by atoms with Crippen molar-refractivity contribution in [3.8, 4) is 0 Å². The van der Waals surface area contributed by atoms with Crippen LogP contribution in [0.3, 0.4) is 0 Å². The Balaban J connectivity index is 2.12. The molecule has 0 bridgehead atoms. The van der Waals surface area contributed by atoms with Gasteiger partial charge in [0.05, 0.1) is 5.56 Å². The molecule has 6 heteroatoms. The lowest BCUT2D eigenvalue weighted by Gasteiger charge is -2.05. The molecule has 0 unspecified atom stereocenters. The number of carbonyl (C=O) groups excluding carboxylic acids is 1. The van der Waals surface area contributed by atoms with Crippen LogP contribution in [-0.4, -0.2) is 22.5 Å². The first kappa shape index (κ1) is 15.1. The number of oxime groups is 1. The minimum atomic E-state index is -0.524. The molecule has 0 fully saturated rings. The Labute approximate surface area is 127 Å². The Morgan fingerprint density at radius 2 is 2.00 bits per heavy atom. The van der Waals surface area contributed by atoms with E-state index in [0.29, 0.717) is 11.1 Å². The molecule has 0 saturated heterocycles. The molecule has 0 aliphatic rings. The molecule has 0 saturated carbocycles. The number of pyridine rings is 1. The van der Waals surface area contributed by atoms with E-state index >= 15 is 0 Å². The number of thioether (sulfide) groups is 1. The fourth-order valence-corrected chi connectivity index (χ4v) is 2.42. The van der Waals surface area contributed by atoms with E-state index < -0.39 is 5.97 Å². The van der Waals surface area contributed by atoms with Crippen molar-refractivity contribution in [2.75, 3.05) is 5.75 Å². The summed E-state index contributed by atoms with van der Waals surface area (Å²) in [5.41, 5.74) is 6.89. The zero-order valence-electron chi connectivity index (χ0n) is 11.5. The number of benzene rings is 1. The third kappa shape index (κ3) is 4.06. The maximum absolute atomic E-state index is 12.1. The van der Waals surface area contributed by atoms with Crippen LogP contribution >= 0.6 is 11.8 Å². The zero-order valence-corrected chi connectivity index (χ0v) is 12.3. The number of amidine groups is 1. The highest BCUT2D eigenvalue weighted by Crippen LogP contribution is 2.22. The Bertz CT molecular complexity index is 644. The summed E-state index contributed by atoms with van der Waals surface area (Å²) in [6.07, 6.45) is 3.18. The summed E-state index contributed by atoms with van der Waals surface area (Å²) in [5, 5.41) is 3.68. The smallest absolute Gasteiger partial charge is 0.366 e. The molecule has 2 rings (SSSR count). The highest BCUT2D eigenvalue weighted by atomic mass is 32.2. The van der Waals surface area contributed by atoms with Crippen LogP contribution in [0.25, 0.3) is 0 Å². The van der Waals surface area contributed by atoms with Crippen molar-refractivity contribution < 1.29 is 9.63 Å². The van der Waals surface area contributed by atoms with Gasteiger partial charge in [0.15, 0.2) is 5.84 Å². The van der Waals surface area contributed by atoms with Gasteiger partial charge in [-0.2, -0.15) is 0 Å². The molecule has 1 heterocycles. The van der Waals surface area contributed by atoms with Crippen molar-refractivity contribution in [2.24, 2.45) is 10.9 Å². The fraction of sp³-hybridized carbons (Fsp3) is 0.133. The molecule has 108 valence electrons. The molecule has 0 radical (unpaired) electrons. The van der Waals surface area contributed by atoms with E-state index in [2.05, 4.69) is 10.1 Å². The second kappa shape index (κ2) is 7.44. The minimum Gasteiger partial charge on any atom is -0.380 e. The molecule has 5 nitrogen and oxygen atoms in total. The summed E-state index contributed by atoms with van der Waals surface area (Å²) < 4.78 is 0. The van der Waals surface area contributed by atoms with Crippen molar-refractivity contribution in [3.63, 3.8) is 0 Å². The van der Waals surface area contributed by atoms with Gasteiger partial charge in [-0.05, 0) is 30.0 Å². The van der Waals surface area contributed by atoms with E-state index in [9.17, 15) is 4.79 Å². The molecule has 2 aromatic rings. The van der Waals surface area contributed by atoms with Crippen LogP contribution in [0.2, 0.25) is 0 Å². The maximum Gasteiger partial charge on any atom is 0.366 e. The molecule has 21 heavy (non-hydrogen) atoms. The summed E-state index contributed by atoms with van der Waals surface area (Å²) in [6, 6.07) is 10.6. The van der Waals surface area contributed by atoms with Gasteiger partial charge in [0.25, 0.3) is 0 Å². The average Bonchev–Trinajstić information content (AvgIpc) is 2.54. The fourth-order valence-electron chi connectivity index (χ4n) is 1.63. The van der Waals surface area contributed by atoms with Gasteiger partial charge in [0.1, 0.15) is 0 Å². The molecule has 0 amide bonds. The average molecular weight is 301 g/mol. The van der Waals surface area contributed by atoms with Crippen molar-refractivity contribution in [1.82, 2.24) is 4.98 Å². The van der Waals surface area contributed by atoms with Gasteiger partial charge in [-0.15, -0.1) is 11.8 Å². The number of carbonyl (C=O) groups is 1. The summed E-state index contributed by atoms with van der Waals surface area (Å²) in [7, 11) is 0. The van der Waals surface area contributed by atoms with Crippen LogP contribution in [0, 0.1) is 0 Å². The lowest BCUT2D eigenvalue weighted by atomic mass is 10.2. The Hall–Kier alpha value is -2.34. The first-order valence-electron chi connectivity index (χ1n) is 6.39. The second-order valence-electron chi connectivity index (χ2n) is 4.02. The van der Waals surface area contributed by atoms with Gasteiger partial charge >= 0.3 is 5.97 Å². The minimum absolute atomic E-state index is 0.131. The van der Waals surface area contributed by atoms with Gasteiger partial charge in [-0.1, -0.05) is 24.2 Å². The quantitative estimate of drug-likeness (QED) is 0.302. The third-order valence-corrected chi connectivity index (χ3v) is 3.57. The van der Waals surface area contributed by atoms with Crippen molar-refractivity contribution in [1.29, 1.82) is 0 Å². The van der Waals surface area contributed by atoms with Gasteiger partial charge in [-0.3, -0.25) is 4.98 Å². The number of hydrogen-bond donors (Lipinski definition) is 1. The Morgan fingerprint density at radius 1 is 1.29 bits per heavy atom. The van der Waals surface area contributed by atoms with E-state index in [1.54, 1.807) is 48.4 Å². The van der Waals surface area contributed by atoms with Crippen molar-refractivity contribution in [2.45, 2.75) is 11.8 Å². The lowest BCUT2D eigenvalue weighted by Crippen LogP contribution is -2.15. The lowest BCUT2D eigenvalue weighted by molar-refractivity contribution is 0.0512. The molecular weight excluding hydrogens is 286 g/mol. The van der Waals surface area contributed by atoms with Crippen LogP contribution in [0.1, 0.15) is 22.8 Å². The van der Waals surface area contributed by atoms with E-state index in [0.717, 1.165) is 10.6 Å². The number of hydrogen-bond acceptors (Lipinski definition) is 5. The largest absolute Gasteiger partial charge is 0.380 e. The maximum atomic E-state index is 12.1. The molecule has 1 aromatic heterocycles. The summed E-state index contributed by atoms with van der Waals surface area (Å²) in [5.74, 6) is 0.474. The van der Waals surface area contributed by atoms with E-state index in [1.165, 1.54) is 0 Å². The van der Waals surface area contributed by atoms with Crippen LogP contribution in [-0.2, 0) is 4.84 Å². The highest BCUT2D eigenvalue weighted by Gasteiger charge is 2.13. The van der Waals surface area contributed by atoms with Gasteiger partial charge < -0.3 is 10.6 Å².